The van der Waals surface area contributed by atoms with Crippen molar-refractivity contribution in [3.63, 3.8) is 0 Å². The maximum atomic E-state index is 13.1. The normalized spacial score (nSPS) is 14.3. The van der Waals surface area contributed by atoms with Crippen molar-refractivity contribution in [2.24, 2.45) is 0 Å². The van der Waals surface area contributed by atoms with Gasteiger partial charge in [-0.3, -0.25) is 9.69 Å². The topological polar surface area (TPSA) is 50.8 Å². The van der Waals surface area contributed by atoms with E-state index in [1.165, 1.54) is 31.4 Å². The third-order valence-corrected chi connectivity index (χ3v) is 4.02. The van der Waals surface area contributed by atoms with E-state index in [0.717, 1.165) is 18.7 Å². The van der Waals surface area contributed by atoms with Crippen molar-refractivity contribution in [2.75, 3.05) is 46.0 Å². The fourth-order valence-corrected chi connectivity index (χ4v) is 2.68. The monoisotopic (exact) mass is 368 g/mol. The number of likely N-dealkylation sites (tertiary alicyclic amines) is 1. The number of rotatable bonds is 9. The Morgan fingerprint density at radius 1 is 1.15 bits per heavy atom. The fraction of sp³-hybridized carbons (Fsp3) is 0.650. The molecule has 1 N–H and O–H groups in total. The predicted molar refractivity (Wildman–Crippen MR) is 102 cm³/mol. The molecule has 0 atom stereocenters. The number of carbonyl (C=O) groups excluding carboxylic acids is 1. The van der Waals surface area contributed by atoms with Gasteiger partial charge in [-0.15, -0.1) is 0 Å². The summed E-state index contributed by atoms with van der Waals surface area (Å²) in [6.45, 7) is 10.1. The quantitative estimate of drug-likeness (QED) is 0.680. The van der Waals surface area contributed by atoms with Crippen molar-refractivity contribution >= 4 is 5.91 Å². The SMILES string of the molecule is CC.Cc1ccc(F)cc1OCCOCCNC(=O)CN1CCCCC1. The van der Waals surface area contributed by atoms with Gasteiger partial charge in [0.15, 0.2) is 0 Å². The second-order valence-corrected chi connectivity index (χ2v) is 6.06. The maximum Gasteiger partial charge on any atom is 0.234 e. The molecule has 0 unspecified atom stereocenters. The van der Waals surface area contributed by atoms with Gasteiger partial charge in [-0.2, -0.15) is 0 Å². The van der Waals surface area contributed by atoms with Crippen molar-refractivity contribution in [1.82, 2.24) is 10.2 Å². The van der Waals surface area contributed by atoms with Gasteiger partial charge in [0.1, 0.15) is 18.2 Å². The van der Waals surface area contributed by atoms with Gasteiger partial charge in [0.25, 0.3) is 0 Å². The Balaban J connectivity index is 0.00000163. The van der Waals surface area contributed by atoms with E-state index in [9.17, 15) is 9.18 Å². The van der Waals surface area contributed by atoms with Crippen LogP contribution in [0.15, 0.2) is 18.2 Å². The highest BCUT2D eigenvalue weighted by molar-refractivity contribution is 5.77. The van der Waals surface area contributed by atoms with E-state index < -0.39 is 0 Å². The van der Waals surface area contributed by atoms with Crippen LogP contribution in [0.5, 0.6) is 5.75 Å². The molecule has 0 aromatic heterocycles. The van der Waals surface area contributed by atoms with Crippen LogP contribution in [0.3, 0.4) is 0 Å². The van der Waals surface area contributed by atoms with Crippen LogP contribution >= 0.6 is 0 Å². The van der Waals surface area contributed by atoms with E-state index in [1.807, 2.05) is 20.8 Å². The molecule has 1 amide bonds. The zero-order valence-electron chi connectivity index (χ0n) is 16.4. The molecule has 0 bridgehead atoms. The van der Waals surface area contributed by atoms with Gasteiger partial charge in [0.05, 0.1) is 19.8 Å². The first-order valence-electron chi connectivity index (χ1n) is 9.61. The molecule has 6 heteroatoms. The lowest BCUT2D eigenvalue weighted by atomic mass is 10.1. The average molecular weight is 368 g/mol. The Morgan fingerprint density at radius 3 is 2.62 bits per heavy atom. The number of benzene rings is 1. The lowest BCUT2D eigenvalue weighted by molar-refractivity contribution is -0.122. The highest BCUT2D eigenvalue weighted by Crippen LogP contribution is 2.18. The molecule has 1 fully saturated rings. The van der Waals surface area contributed by atoms with Gasteiger partial charge in [-0.1, -0.05) is 26.3 Å². The van der Waals surface area contributed by atoms with E-state index in [0.29, 0.717) is 38.7 Å². The Hall–Kier alpha value is -1.66. The molecule has 1 aliphatic rings. The van der Waals surface area contributed by atoms with Crippen LogP contribution in [0, 0.1) is 12.7 Å². The summed E-state index contributed by atoms with van der Waals surface area (Å²) in [5.74, 6) is 0.272. The molecule has 2 rings (SSSR count). The summed E-state index contributed by atoms with van der Waals surface area (Å²) >= 11 is 0. The average Bonchev–Trinajstić information content (AvgIpc) is 2.66. The molecule has 0 radical (unpaired) electrons. The van der Waals surface area contributed by atoms with Gasteiger partial charge >= 0.3 is 0 Å². The lowest BCUT2D eigenvalue weighted by Gasteiger charge is -2.25. The first-order valence-corrected chi connectivity index (χ1v) is 9.61. The second-order valence-electron chi connectivity index (χ2n) is 6.06. The van der Waals surface area contributed by atoms with Crippen LogP contribution in [0.1, 0.15) is 38.7 Å². The zero-order valence-corrected chi connectivity index (χ0v) is 16.4. The van der Waals surface area contributed by atoms with E-state index in [4.69, 9.17) is 9.47 Å². The number of nitrogens with zero attached hydrogens (tertiary/aromatic N) is 1. The maximum absolute atomic E-state index is 13.1. The summed E-state index contributed by atoms with van der Waals surface area (Å²) < 4.78 is 24.0. The molecule has 1 heterocycles. The molecular formula is C20H33FN2O3. The molecule has 148 valence electrons. The molecule has 1 aliphatic heterocycles. The third-order valence-electron chi connectivity index (χ3n) is 4.02. The molecule has 1 aromatic rings. The van der Waals surface area contributed by atoms with E-state index in [2.05, 4.69) is 10.2 Å². The number of amides is 1. The van der Waals surface area contributed by atoms with Crippen LogP contribution in [-0.2, 0) is 9.53 Å². The predicted octanol–water partition coefficient (Wildman–Crippen LogP) is 3.16. The number of piperidine rings is 1. The minimum absolute atomic E-state index is 0.0483. The summed E-state index contributed by atoms with van der Waals surface area (Å²) in [6.07, 6.45) is 3.63. The Bertz CT molecular complexity index is 520. The molecule has 0 saturated carbocycles. The summed E-state index contributed by atoms with van der Waals surface area (Å²) in [5.41, 5.74) is 0.890. The van der Waals surface area contributed by atoms with Gasteiger partial charge < -0.3 is 14.8 Å². The summed E-state index contributed by atoms with van der Waals surface area (Å²) in [5, 5.41) is 2.86. The molecule has 0 spiro atoms. The van der Waals surface area contributed by atoms with Crippen molar-refractivity contribution < 1.29 is 18.7 Å². The first-order chi connectivity index (χ1) is 12.6. The van der Waals surface area contributed by atoms with Crippen molar-refractivity contribution in [2.45, 2.75) is 40.0 Å². The van der Waals surface area contributed by atoms with Crippen LogP contribution < -0.4 is 10.1 Å². The summed E-state index contributed by atoms with van der Waals surface area (Å²) in [7, 11) is 0. The second kappa shape index (κ2) is 13.5. The number of ether oxygens (including phenoxy) is 2. The van der Waals surface area contributed by atoms with Crippen LogP contribution in [0.4, 0.5) is 4.39 Å². The van der Waals surface area contributed by atoms with Crippen LogP contribution in [-0.4, -0.2) is 56.8 Å². The number of hydrogen-bond donors (Lipinski definition) is 1. The summed E-state index contributed by atoms with van der Waals surface area (Å²) in [6, 6.07) is 4.46. The highest BCUT2D eigenvalue weighted by atomic mass is 19.1. The van der Waals surface area contributed by atoms with Gasteiger partial charge in [0, 0.05) is 12.6 Å². The number of hydrogen-bond acceptors (Lipinski definition) is 4. The van der Waals surface area contributed by atoms with E-state index >= 15 is 0 Å². The molecule has 26 heavy (non-hydrogen) atoms. The van der Waals surface area contributed by atoms with Crippen molar-refractivity contribution in [3.8, 4) is 5.75 Å². The number of aryl methyl sites for hydroxylation is 1. The molecular weight excluding hydrogens is 335 g/mol. The fourth-order valence-electron chi connectivity index (χ4n) is 2.68. The molecule has 1 aromatic carbocycles. The van der Waals surface area contributed by atoms with Crippen molar-refractivity contribution in [3.05, 3.63) is 29.6 Å². The van der Waals surface area contributed by atoms with E-state index in [1.54, 1.807) is 6.07 Å². The van der Waals surface area contributed by atoms with Crippen LogP contribution in [0.25, 0.3) is 0 Å². The molecule has 0 aliphatic carbocycles. The minimum Gasteiger partial charge on any atom is -0.491 e. The molecule has 5 nitrogen and oxygen atoms in total. The zero-order chi connectivity index (χ0) is 19.2. The van der Waals surface area contributed by atoms with Gasteiger partial charge in [0.2, 0.25) is 5.91 Å². The smallest absolute Gasteiger partial charge is 0.234 e. The lowest BCUT2D eigenvalue weighted by Crippen LogP contribution is -2.40. The Kier molecular flexibility index (Phi) is 11.6. The van der Waals surface area contributed by atoms with Gasteiger partial charge in [-0.25, -0.2) is 4.39 Å². The van der Waals surface area contributed by atoms with Crippen LogP contribution in [0.2, 0.25) is 0 Å². The number of halogens is 1. The molecule has 1 saturated heterocycles. The first kappa shape index (κ1) is 22.4. The van der Waals surface area contributed by atoms with Gasteiger partial charge in [-0.05, 0) is 44.5 Å². The standard InChI is InChI=1S/C18H27FN2O3.C2H6/c1-15-5-6-16(19)13-17(15)24-12-11-23-10-7-20-18(22)14-21-8-3-2-4-9-21;1-2/h5-6,13H,2-4,7-12,14H2,1H3,(H,20,22);1-2H3. The largest absolute Gasteiger partial charge is 0.491 e. The third kappa shape index (κ3) is 9.15. The number of nitrogens with one attached hydrogen (secondary N) is 1. The minimum atomic E-state index is -0.312. The Morgan fingerprint density at radius 2 is 1.88 bits per heavy atom. The Labute approximate surface area is 156 Å². The van der Waals surface area contributed by atoms with Crippen molar-refractivity contribution in [1.29, 1.82) is 0 Å². The highest BCUT2D eigenvalue weighted by Gasteiger charge is 2.13. The van der Waals surface area contributed by atoms with E-state index in [-0.39, 0.29) is 11.7 Å². The summed E-state index contributed by atoms with van der Waals surface area (Å²) in [4.78, 5) is 14.0. The number of carbonyl (C=O) groups is 1.